The van der Waals surface area contributed by atoms with Gasteiger partial charge in [-0.15, -0.1) is 0 Å². The van der Waals surface area contributed by atoms with Crippen molar-refractivity contribution in [2.24, 2.45) is 0 Å². The summed E-state index contributed by atoms with van der Waals surface area (Å²) in [6.07, 6.45) is 1.51. The molecule has 0 bridgehead atoms. The van der Waals surface area contributed by atoms with Crippen molar-refractivity contribution in [2.45, 2.75) is 0 Å². The third kappa shape index (κ3) is 1.99. The predicted octanol–water partition coefficient (Wildman–Crippen LogP) is 3.67. The molecule has 0 unspecified atom stereocenters. The highest BCUT2D eigenvalue weighted by Crippen LogP contribution is 2.24. The average molecular weight is 252 g/mol. The molecule has 0 saturated carbocycles. The van der Waals surface area contributed by atoms with Crippen molar-refractivity contribution < 1.29 is 13.9 Å². The van der Waals surface area contributed by atoms with E-state index in [9.17, 15) is 4.79 Å². The van der Waals surface area contributed by atoms with E-state index < -0.39 is 0 Å². The lowest BCUT2D eigenvalue weighted by molar-refractivity contribution is 0.103. The van der Waals surface area contributed by atoms with E-state index in [0.29, 0.717) is 22.5 Å². The zero-order valence-electron chi connectivity index (χ0n) is 10.4. The van der Waals surface area contributed by atoms with Gasteiger partial charge in [-0.05, 0) is 18.2 Å². The standard InChI is InChI=1S/C16H12O3/c1-18-12-6-4-5-11(9-12)16(17)14-10-19-15-8-3-2-7-13(14)15/h2-10H,1H3. The number of carbonyl (C=O) groups excluding carboxylic acids is 1. The second kappa shape index (κ2) is 4.61. The van der Waals surface area contributed by atoms with E-state index in [0.717, 1.165) is 5.39 Å². The molecule has 0 aliphatic heterocycles. The van der Waals surface area contributed by atoms with Gasteiger partial charge in [0.1, 0.15) is 17.6 Å². The molecule has 3 nitrogen and oxygen atoms in total. The minimum Gasteiger partial charge on any atom is -0.497 e. The fourth-order valence-electron chi connectivity index (χ4n) is 2.07. The Morgan fingerprint density at radius 2 is 1.95 bits per heavy atom. The Kier molecular flexibility index (Phi) is 2.80. The molecule has 3 aromatic rings. The summed E-state index contributed by atoms with van der Waals surface area (Å²) >= 11 is 0. The minimum absolute atomic E-state index is 0.0659. The second-order valence-electron chi connectivity index (χ2n) is 4.21. The molecule has 1 aromatic heterocycles. The van der Waals surface area contributed by atoms with Crippen LogP contribution in [0.2, 0.25) is 0 Å². The third-order valence-electron chi connectivity index (χ3n) is 3.06. The Balaban J connectivity index is 2.08. The number of hydrogen-bond acceptors (Lipinski definition) is 3. The van der Waals surface area contributed by atoms with Crippen LogP contribution in [0, 0.1) is 0 Å². The van der Waals surface area contributed by atoms with Crippen molar-refractivity contribution in [1.82, 2.24) is 0 Å². The van der Waals surface area contributed by atoms with Crippen LogP contribution in [0.1, 0.15) is 15.9 Å². The highest BCUT2D eigenvalue weighted by Gasteiger charge is 2.15. The van der Waals surface area contributed by atoms with Gasteiger partial charge in [0.2, 0.25) is 0 Å². The van der Waals surface area contributed by atoms with Gasteiger partial charge in [0, 0.05) is 10.9 Å². The van der Waals surface area contributed by atoms with E-state index in [4.69, 9.17) is 9.15 Å². The number of carbonyl (C=O) groups is 1. The smallest absolute Gasteiger partial charge is 0.197 e. The first kappa shape index (κ1) is 11.5. The van der Waals surface area contributed by atoms with Crippen LogP contribution in [-0.4, -0.2) is 12.9 Å². The molecule has 2 aromatic carbocycles. The van der Waals surface area contributed by atoms with Crippen molar-refractivity contribution in [3.63, 3.8) is 0 Å². The lowest BCUT2D eigenvalue weighted by atomic mass is 10.0. The van der Waals surface area contributed by atoms with Gasteiger partial charge >= 0.3 is 0 Å². The molecule has 0 fully saturated rings. The number of ether oxygens (including phenoxy) is 1. The van der Waals surface area contributed by atoms with E-state index in [1.54, 1.807) is 25.3 Å². The topological polar surface area (TPSA) is 39.4 Å². The van der Waals surface area contributed by atoms with Gasteiger partial charge in [0.05, 0.1) is 12.7 Å². The Morgan fingerprint density at radius 3 is 2.79 bits per heavy atom. The molecule has 94 valence electrons. The van der Waals surface area contributed by atoms with Crippen LogP contribution in [0.25, 0.3) is 11.0 Å². The third-order valence-corrected chi connectivity index (χ3v) is 3.06. The fraction of sp³-hybridized carbons (Fsp3) is 0.0625. The van der Waals surface area contributed by atoms with E-state index in [-0.39, 0.29) is 5.78 Å². The van der Waals surface area contributed by atoms with E-state index in [2.05, 4.69) is 0 Å². The normalized spacial score (nSPS) is 10.6. The highest BCUT2D eigenvalue weighted by atomic mass is 16.5. The molecule has 19 heavy (non-hydrogen) atoms. The van der Waals surface area contributed by atoms with Gasteiger partial charge in [0.15, 0.2) is 5.78 Å². The summed E-state index contributed by atoms with van der Waals surface area (Å²) in [4.78, 5) is 12.5. The van der Waals surface area contributed by atoms with Crippen LogP contribution < -0.4 is 4.74 Å². The molecule has 0 aliphatic carbocycles. The Morgan fingerprint density at radius 1 is 1.11 bits per heavy atom. The van der Waals surface area contributed by atoms with E-state index in [1.165, 1.54) is 6.26 Å². The summed E-state index contributed by atoms with van der Waals surface area (Å²) in [7, 11) is 1.58. The quantitative estimate of drug-likeness (QED) is 0.667. The molecule has 0 N–H and O–H groups in total. The SMILES string of the molecule is COc1cccc(C(=O)c2coc3ccccc23)c1. The molecule has 1 heterocycles. The number of furan rings is 1. The summed E-state index contributed by atoms with van der Waals surface area (Å²) in [5.41, 5.74) is 1.88. The first-order chi connectivity index (χ1) is 9.29. The number of ketones is 1. The average Bonchev–Trinajstić information content (AvgIpc) is 2.90. The predicted molar refractivity (Wildman–Crippen MR) is 72.6 cm³/mol. The molecule has 0 radical (unpaired) electrons. The maximum Gasteiger partial charge on any atom is 0.197 e. The second-order valence-corrected chi connectivity index (χ2v) is 4.21. The Bertz CT molecular complexity index is 740. The lowest BCUT2D eigenvalue weighted by Crippen LogP contribution is -2.00. The van der Waals surface area contributed by atoms with Gasteiger partial charge in [-0.25, -0.2) is 0 Å². The van der Waals surface area contributed by atoms with E-state index in [1.807, 2.05) is 30.3 Å². The van der Waals surface area contributed by atoms with Crippen molar-refractivity contribution in [1.29, 1.82) is 0 Å². The maximum atomic E-state index is 12.5. The molecule has 3 heteroatoms. The Labute approximate surface area is 110 Å². The van der Waals surface area contributed by atoms with Crippen LogP contribution in [0.3, 0.4) is 0 Å². The van der Waals surface area contributed by atoms with Crippen molar-refractivity contribution in [3.8, 4) is 5.75 Å². The van der Waals surface area contributed by atoms with Crippen LogP contribution in [-0.2, 0) is 0 Å². The van der Waals surface area contributed by atoms with Crippen LogP contribution >= 0.6 is 0 Å². The summed E-state index contributed by atoms with van der Waals surface area (Å²) in [6.45, 7) is 0. The molecule has 3 rings (SSSR count). The van der Waals surface area contributed by atoms with Gasteiger partial charge in [0.25, 0.3) is 0 Å². The molecular weight excluding hydrogens is 240 g/mol. The molecule has 0 atom stereocenters. The first-order valence-electron chi connectivity index (χ1n) is 5.94. The number of rotatable bonds is 3. The van der Waals surface area contributed by atoms with E-state index >= 15 is 0 Å². The summed E-state index contributed by atoms with van der Waals surface area (Å²) < 4.78 is 10.5. The summed E-state index contributed by atoms with van der Waals surface area (Å²) in [5.74, 6) is 0.600. The Hall–Kier alpha value is -2.55. The zero-order valence-corrected chi connectivity index (χ0v) is 10.4. The lowest BCUT2D eigenvalue weighted by Gasteiger charge is -2.02. The van der Waals surface area contributed by atoms with Crippen molar-refractivity contribution in [3.05, 3.63) is 65.9 Å². The highest BCUT2D eigenvalue weighted by molar-refractivity contribution is 6.15. The minimum atomic E-state index is -0.0659. The monoisotopic (exact) mass is 252 g/mol. The fourth-order valence-corrected chi connectivity index (χ4v) is 2.07. The molecular formula is C16H12O3. The van der Waals surface area contributed by atoms with Gasteiger partial charge in [-0.3, -0.25) is 4.79 Å². The number of methoxy groups -OCH3 is 1. The summed E-state index contributed by atoms with van der Waals surface area (Å²) in [5, 5.41) is 0.829. The molecule has 0 amide bonds. The number of benzene rings is 2. The van der Waals surface area contributed by atoms with Crippen LogP contribution in [0.15, 0.2) is 59.2 Å². The number of fused-ring (bicyclic) bond motifs is 1. The largest absolute Gasteiger partial charge is 0.497 e. The van der Waals surface area contributed by atoms with Gasteiger partial charge in [-0.2, -0.15) is 0 Å². The van der Waals surface area contributed by atoms with Crippen LogP contribution in [0.5, 0.6) is 5.75 Å². The van der Waals surface area contributed by atoms with Gasteiger partial charge in [-0.1, -0.05) is 30.3 Å². The first-order valence-corrected chi connectivity index (χ1v) is 5.94. The molecule has 0 saturated heterocycles. The number of para-hydroxylation sites is 1. The molecule has 0 spiro atoms. The van der Waals surface area contributed by atoms with Crippen molar-refractivity contribution >= 4 is 16.8 Å². The molecule has 0 aliphatic rings. The van der Waals surface area contributed by atoms with Crippen LogP contribution in [0.4, 0.5) is 0 Å². The van der Waals surface area contributed by atoms with Gasteiger partial charge < -0.3 is 9.15 Å². The maximum absolute atomic E-state index is 12.5. The zero-order chi connectivity index (χ0) is 13.2. The summed E-state index contributed by atoms with van der Waals surface area (Å²) in [6, 6.07) is 14.6. The van der Waals surface area contributed by atoms with Crippen molar-refractivity contribution in [2.75, 3.05) is 7.11 Å². The number of hydrogen-bond donors (Lipinski definition) is 0.